The van der Waals surface area contributed by atoms with Gasteiger partial charge >= 0.3 is 0 Å². The molecule has 0 radical (unpaired) electrons. The third-order valence-corrected chi connectivity index (χ3v) is 4.09. The zero-order valence-electron chi connectivity index (χ0n) is 16.1. The average molecular weight is 511 g/mol. The Kier molecular flexibility index (Phi) is 9.04. The van der Waals surface area contributed by atoms with Crippen molar-refractivity contribution in [2.75, 3.05) is 13.1 Å². The van der Waals surface area contributed by atoms with Crippen molar-refractivity contribution >= 4 is 29.9 Å². The molecule has 0 amide bonds. The maximum absolute atomic E-state index is 13.0. The molecule has 154 valence electrons. The average Bonchev–Trinajstić information content (AvgIpc) is 3.17. The summed E-state index contributed by atoms with van der Waals surface area (Å²) in [6.07, 6.45) is 2.57. The van der Waals surface area contributed by atoms with Gasteiger partial charge in [0.1, 0.15) is 11.6 Å². The summed E-state index contributed by atoms with van der Waals surface area (Å²) in [7, 11) is 0. The SMILES string of the molecule is CCNC(=NCc1ccc(F)cc1)NCCc1ccn(-c2ccc(F)cc2)n1.I. The number of nitrogens with zero attached hydrogens (tertiary/aromatic N) is 3. The maximum atomic E-state index is 13.0. The van der Waals surface area contributed by atoms with Crippen molar-refractivity contribution in [2.24, 2.45) is 4.99 Å². The van der Waals surface area contributed by atoms with Gasteiger partial charge in [-0.3, -0.25) is 0 Å². The third kappa shape index (κ3) is 7.12. The van der Waals surface area contributed by atoms with E-state index < -0.39 is 0 Å². The standard InChI is InChI=1S/C21H23F2N5.HI/c1-2-24-21(26-15-16-3-5-17(22)6-4-16)25-13-11-19-12-14-28(27-19)20-9-7-18(23)8-10-20;/h3-10,12,14H,2,11,13,15H2,1H3,(H2,24,25,26);1H. The second-order valence-electron chi connectivity index (χ2n) is 6.23. The molecular formula is C21H24F2IN5. The highest BCUT2D eigenvalue weighted by molar-refractivity contribution is 14.0. The molecule has 3 rings (SSSR count). The van der Waals surface area contributed by atoms with Crippen molar-refractivity contribution in [3.63, 3.8) is 0 Å². The lowest BCUT2D eigenvalue weighted by atomic mass is 10.2. The van der Waals surface area contributed by atoms with Crippen molar-refractivity contribution in [2.45, 2.75) is 19.9 Å². The van der Waals surface area contributed by atoms with Gasteiger partial charge in [-0.2, -0.15) is 5.10 Å². The van der Waals surface area contributed by atoms with Crippen LogP contribution >= 0.6 is 24.0 Å². The quantitative estimate of drug-likeness (QED) is 0.286. The van der Waals surface area contributed by atoms with Gasteiger partial charge in [-0.15, -0.1) is 24.0 Å². The van der Waals surface area contributed by atoms with E-state index in [4.69, 9.17) is 0 Å². The second kappa shape index (κ2) is 11.5. The molecule has 0 saturated heterocycles. The maximum Gasteiger partial charge on any atom is 0.191 e. The number of hydrogen-bond acceptors (Lipinski definition) is 2. The van der Waals surface area contributed by atoms with Crippen molar-refractivity contribution in [1.29, 1.82) is 0 Å². The van der Waals surface area contributed by atoms with Crippen molar-refractivity contribution < 1.29 is 8.78 Å². The number of guanidine groups is 1. The van der Waals surface area contributed by atoms with Crippen LogP contribution < -0.4 is 10.6 Å². The highest BCUT2D eigenvalue weighted by atomic mass is 127. The number of hydrogen-bond donors (Lipinski definition) is 2. The molecule has 1 aromatic heterocycles. The first-order chi connectivity index (χ1) is 13.6. The lowest BCUT2D eigenvalue weighted by Gasteiger charge is -2.10. The molecule has 2 N–H and O–H groups in total. The molecule has 0 fully saturated rings. The highest BCUT2D eigenvalue weighted by Gasteiger charge is 2.03. The number of benzene rings is 2. The van der Waals surface area contributed by atoms with Gasteiger partial charge in [0, 0.05) is 25.7 Å². The molecule has 2 aromatic carbocycles. The molecule has 0 aliphatic rings. The Morgan fingerprint density at radius 1 is 0.966 bits per heavy atom. The highest BCUT2D eigenvalue weighted by Crippen LogP contribution is 2.09. The fourth-order valence-electron chi connectivity index (χ4n) is 2.64. The van der Waals surface area contributed by atoms with E-state index in [1.54, 1.807) is 28.9 Å². The topological polar surface area (TPSA) is 54.2 Å². The Morgan fingerprint density at radius 2 is 1.62 bits per heavy atom. The van der Waals surface area contributed by atoms with E-state index in [0.717, 1.165) is 29.9 Å². The van der Waals surface area contributed by atoms with E-state index in [2.05, 4.69) is 20.7 Å². The van der Waals surface area contributed by atoms with Gasteiger partial charge in [0.05, 0.1) is 17.9 Å². The fraction of sp³-hybridized carbons (Fsp3) is 0.238. The van der Waals surface area contributed by atoms with E-state index >= 15 is 0 Å². The summed E-state index contributed by atoms with van der Waals surface area (Å²) in [4.78, 5) is 4.52. The van der Waals surface area contributed by atoms with E-state index in [1.807, 2.05) is 19.2 Å². The van der Waals surface area contributed by atoms with Gasteiger partial charge in [-0.25, -0.2) is 18.5 Å². The van der Waals surface area contributed by atoms with Crippen molar-refractivity contribution in [3.05, 3.63) is 83.7 Å². The summed E-state index contributed by atoms with van der Waals surface area (Å²) in [5.74, 6) is 0.179. The van der Waals surface area contributed by atoms with E-state index in [-0.39, 0.29) is 35.6 Å². The summed E-state index contributed by atoms with van der Waals surface area (Å²) < 4.78 is 27.7. The molecule has 0 bridgehead atoms. The molecule has 0 aliphatic carbocycles. The summed E-state index contributed by atoms with van der Waals surface area (Å²) in [5, 5.41) is 11.0. The summed E-state index contributed by atoms with van der Waals surface area (Å²) in [5.41, 5.74) is 2.68. The van der Waals surface area contributed by atoms with Gasteiger partial charge in [-0.1, -0.05) is 12.1 Å². The van der Waals surface area contributed by atoms with Crippen LogP contribution in [-0.4, -0.2) is 28.8 Å². The first-order valence-electron chi connectivity index (χ1n) is 9.21. The van der Waals surface area contributed by atoms with Crippen LogP contribution in [0, 0.1) is 11.6 Å². The van der Waals surface area contributed by atoms with E-state index in [9.17, 15) is 8.78 Å². The molecule has 3 aromatic rings. The van der Waals surface area contributed by atoms with Crippen LogP contribution in [0.3, 0.4) is 0 Å². The largest absolute Gasteiger partial charge is 0.357 e. The first kappa shape index (κ1) is 22.8. The molecule has 0 spiro atoms. The minimum absolute atomic E-state index is 0. The van der Waals surface area contributed by atoms with Gasteiger partial charge in [0.15, 0.2) is 5.96 Å². The summed E-state index contributed by atoms with van der Waals surface area (Å²) in [6, 6.07) is 14.5. The zero-order chi connectivity index (χ0) is 19.8. The number of nitrogens with one attached hydrogen (secondary N) is 2. The normalized spacial score (nSPS) is 11.1. The van der Waals surface area contributed by atoms with Gasteiger partial charge in [0.25, 0.3) is 0 Å². The van der Waals surface area contributed by atoms with Gasteiger partial charge in [-0.05, 0) is 55.0 Å². The Labute approximate surface area is 186 Å². The van der Waals surface area contributed by atoms with Crippen LogP contribution in [0.5, 0.6) is 0 Å². The van der Waals surface area contributed by atoms with Crippen LogP contribution in [0.4, 0.5) is 8.78 Å². The molecule has 0 saturated carbocycles. The van der Waals surface area contributed by atoms with Gasteiger partial charge in [0.2, 0.25) is 0 Å². The monoisotopic (exact) mass is 511 g/mol. The number of rotatable bonds is 7. The van der Waals surface area contributed by atoms with Crippen molar-refractivity contribution in [3.8, 4) is 5.69 Å². The zero-order valence-corrected chi connectivity index (χ0v) is 18.4. The molecule has 0 atom stereocenters. The van der Waals surface area contributed by atoms with Crippen molar-refractivity contribution in [1.82, 2.24) is 20.4 Å². The predicted octanol–water partition coefficient (Wildman–Crippen LogP) is 4.07. The van der Waals surface area contributed by atoms with Crippen LogP contribution in [-0.2, 0) is 13.0 Å². The predicted molar refractivity (Wildman–Crippen MR) is 122 cm³/mol. The molecule has 8 heteroatoms. The van der Waals surface area contributed by atoms with E-state index in [1.165, 1.54) is 24.3 Å². The Hall–Kier alpha value is -2.49. The number of aliphatic imine (C=N–C) groups is 1. The van der Waals surface area contributed by atoms with E-state index in [0.29, 0.717) is 19.0 Å². The first-order valence-corrected chi connectivity index (χ1v) is 9.21. The number of aromatic nitrogens is 2. The molecule has 0 aliphatic heterocycles. The molecule has 1 heterocycles. The minimum atomic E-state index is -0.267. The lowest BCUT2D eigenvalue weighted by Crippen LogP contribution is -2.38. The number of halogens is 3. The van der Waals surface area contributed by atoms with Crippen LogP contribution in [0.2, 0.25) is 0 Å². The molecular weight excluding hydrogens is 487 g/mol. The molecule has 29 heavy (non-hydrogen) atoms. The lowest BCUT2D eigenvalue weighted by molar-refractivity contribution is 0.626. The minimum Gasteiger partial charge on any atom is -0.357 e. The molecule has 5 nitrogen and oxygen atoms in total. The Morgan fingerprint density at radius 3 is 2.28 bits per heavy atom. The van der Waals surface area contributed by atoms with Crippen LogP contribution in [0.25, 0.3) is 5.69 Å². The summed E-state index contributed by atoms with van der Waals surface area (Å²) in [6.45, 7) is 3.87. The van der Waals surface area contributed by atoms with Crippen LogP contribution in [0.15, 0.2) is 65.8 Å². The van der Waals surface area contributed by atoms with Gasteiger partial charge < -0.3 is 10.6 Å². The smallest absolute Gasteiger partial charge is 0.191 e. The third-order valence-electron chi connectivity index (χ3n) is 4.09. The Bertz CT molecular complexity index is 908. The Balaban J connectivity index is 0.00000300. The summed E-state index contributed by atoms with van der Waals surface area (Å²) >= 11 is 0. The molecule has 0 unspecified atom stereocenters. The second-order valence-corrected chi connectivity index (χ2v) is 6.23. The van der Waals surface area contributed by atoms with Crippen LogP contribution in [0.1, 0.15) is 18.2 Å². The fourth-order valence-corrected chi connectivity index (χ4v) is 2.64.